The van der Waals surface area contributed by atoms with Crippen molar-refractivity contribution in [2.75, 3.05) is 6.54 Å². The first kappa shape index (κ1) is 14.0. The van der Waals surface area contributed by atoms with Crippen LogP contribution in [0.3, 0.4) is 0 Å². The predicted octanol–water partition coefficient (Wildman–Crippen LogP) is 4.63. The molecule has 0 heterocycles. The third kappa shape index (κ3) is 4.44. The summed E-state index contributed by atoms with van der Waals surface area (Å²) in [7, 11) is 0. The summed E-state index contributed by atoms with van der Waals surface area (Å²) in [5.41, 5.74) is 1.58. The molecule has 1 aromatic carbocycles. The van der Waals surface area contributed by atoms with Crippen molar-refractivity contribution in [2.45, 2.75) is 33.7 Å². The van der Waals surface area contributed by atoms with Gasteiger partial charge in [-0.2, -0.15) is 0 Å². The fourth-order valence-electron chi connectivity index (χ4n) is 1.32. The van der Waals surface area contributed by atoms with Gasteiger partial charge in [-0.1, -0.05) is 38.4 Å². The molecule has 3 heteroatoms. The van der Waals surface area contributed by atoms with Gasteiger partial charge in [-0.3, -0.25) is 0 Å². The largest absolute Gasteiger partial charge is 0.312 e. The Labute approximate surface area is 112 Å². The molecule has 0 aliphatic rings. The lowest BCUT2D eigenvalue weighted by Gasteiger charge is -2.23. The van der Waals surface area contributed by atoms with E-state index in [1.807, 2.05) is 12.1 Å². The molecule has 0 radical (unpaired) electrons. The van der Waals surface area contributed by atoms with Gasteiger partial charge in [0, 0.05) is 17.6 Å². The molecule has 0 aliphatic heterocycles. The number of rotatable bonds is 5. The summed E-state index contributed by atoms with van der Waals surface area (Å²) >= 11 is 9.42. The lowest BCUT2D eigenvalue weighted by molar-refractivity contribution is 0.327. The quantitative estimate of drug-likeness (QED) is 0.836. The SMILES string of the molecule is CCC(C)(C)CNCc1ccc(Br)c(Cl)c1. The topological polar surface area (TPSA) is 12.0 Å². The Balaban J connectivity index is 2.46. The van der Waals surface area contributed by atoms with Gasteiger partial charge in [0.2, 0.25) is 0 Å². The van der Waals surface area contributed by atoms with Crippen molar-refractivity contribution < 1.29 is 0 Å². The normalized spacial score (nSPS) is 11.8. The van der Waals surface area contributed by atoms with Crippen molar-refractivity contribution >= 4 is 27.5 Å². The van der Waals surface area contributed by atoms with Crippen LogP contribution in [0.2, 0.25) is 5.02 Å². The highest BCUT2D eigenvalue weighted by Crippen LogP contribution is 2.23. The zero-order valence-electron chi connectivity index (χ0n) is 10.1. The van der Waals surface area contributed by atoms with Crippen molar-refractivity contribution in [3.63, 3.8) is 0 Å². The number of benzene rings is 1. The van der Waals surface area contributed by atoms with E-state index in [0.29, 0.717) is 5.41 Å². The van der Waals surface area contributed by atoms with E-state index in [4.69, 9.17) is 11.6 Å². The molecule has 0 atom stereocenters. The smallest absolute Gasteiger partial charge is 0.0551 e. The molecule has 90 valence electrons. The highest BCUT2D eigenvalue weighted by molar-refractivity contribution is 9.10. The van der Waals surface area contributed by atoms with Crippen LogP contribution in [-0.4, -0.2) is 6.54 Å². The maximum absolute atomic E-state index is 6.04. The van der Waals surface area contributed by atoms with Crippen LogP contribution in [0, 0.1) is 5.41 Å². The molecular weight excluding hydrogens is 286 g/mol. The summed E-state index contributed by atoms with van der Waals surface area (Å²) in [4.78, 5) is 0. The van der Waals surface area contributed by atoms with Gasteiger partial charge in [-0.05, 0) is 45.5 Å². The van der Waals surface area contributed by atoms with Gasteiger partial charge < -0.3 is 5.32 Å². The molecule has 1 aromatic rings. The molecular formula is C13H19BrClN. The number of halogens is 2. The highest BCUT2D eigenvalue weighted by atomic mass is 79.9. The van der Waals surface area contributed by atoms with E-state index >= 15 is 0 Å². The molecule has 0 saturated carbocycles. The second-order valence-corrected chi connectivity index (χ2v) is 6.13. The molecule has 0 saturated heterocycles. The monoisotopic (exact) mass is 303 g/mol. The van der Waals surface area contributed by atoms with E-state index in [-0.39, 0.29) is 0 Å². The van der Waals surface area contributed by atoms with E-state index in [1.54, 1.807) is 0 Å². The molecule has 1 rings (SSSR count). The maximum atomic E-state index is 6.04. The van der Waals surface area contributed by atoms with E-state index in [1.165, 1.54) is 12.0 Å². The summed E-state index contributed by atoms with van der Waals surface area (Å²) in [6, 6.07) is 6.07. The van der Waals surface area contributed by atoms with Crippen molar-refractivity contribution in [3.05, 3.63) is 33.3 Å². The van der Waals surface area contributed by atoms with Crippen molar-refractivity contribution in [1.29, 1.82) is 0 Å². The van der Waals surface area contributed by atoms with Crippen LogP contribution < -0.4 is 5.32 Å². The van der Waals surface area contributed by atoms with Gasteiger partial charge in [-0.15, -0.1) is 0 Å². The minimum atomic E-state index is 0.360. The van der Waals surface area contributed by atoms with Crippen LogP contribution in [-0.2, 0) is 6.54 Å². The van der Waals surface area contributed by atoms with Crippen LogP contribution in [0.25, 0.3) is 0 Å². The summed E-state index contributed by atoms with van der Waals surface area (Å²) in [5.74, 6) is 0. The Morgan fingerprint density at radius 3 is 2.62 bits per heavy atom. The second-order valence-electron chi connectivity index (χ2n) is 4.87. The van der Waals surface area contributed by atoms with Crippen LogP contribution in [0.5, 0.6) is 0 Å². The van der Waals surface area contributed by atoms with Gasteiger partial charge in [0.25, 0.3) is 0 Å². The van der Waals surface area contributed by atoms with E-state index in [0.717, 1.165) is 22.6 Å². The van der Waals surface area contributed by atoms with Gasteiger partial charge in [0.15, 0.2) is 0 Å². The summed E-state index contributed by atoms with van der Waals surface area (Å²) in [6.45, 7) is 8.66. The van der Waals surface area contributed by atoms with E-state index in [9.17, 15) is 0 Å². The third-order valence-corrected chi connectivity index (χ3v) is 4.11. The third-order valence-electron chi connectivity index (χ3n) is 2.87. The Bertz CT molecular complexity index is 350. The van der Waals surface area contributed by atoms with Crippen LogP contribution >= 0.6 is 27.5 Å². The molecule has 0 bridgehead atoms. The number of hydrogen-bond acceptors (Lipinski definition) is 1. The molecule has 0 spiro atoms. The fourth-order valence-corrected chi connectivity index (χ4v) is 1.77. The molecule has 0 aliphatic carbocycles. The van der Waals surface area contributed by atoms with Gasteiger partial charge >= 0.3 is 0 Å². The lowest BCUT2D eigenvalue weighted by Crippen LogP contribution is -2.28. The van der Waals surface area contributed by atoms with Gasteiger partial charge in [-0.25, -0.2) is 0 Å². The molecule has 1 nitrogen and oxygen atoms in total. The fraction of sp³-hybridized carbons (Fsp3) is 0.538. The maximum Gasteiger partial charge on any atom is 0.0551 e. The minimum absolute atomic E-state index is 0.360. The molecule has 0 fully saturated rings. The molecule has 0 amide bonds. The Morgan fingerprint density at radius 2 is 2.06 bits per heavy atom. The first-order valence-corrected chi connectivity index (χ1v) is 6.76. The first-order chi connectivity index (χ1) is 7.44. The standard InChI is InChI=1S/C13H19BrClN/c1-4-13(2,3)9-16-8-10-5-6-11(14)12(15)7-10/h5-7,16H,4,8-9H2,1-3H3. The van der Waals surface area contributed by atoms with Gasteiger partial charge in [0.1, 0.15) is 0 Å². The van der Waals surface area contributed by atoms with Gasteiger partial charge in [0.05, 0.1) is 5.02 Å². The summed E-state index contributed by atoms with van der Waals surface area (Å²) in [6.07, 6.45) is 1.18. The summed E-state index contributed by atoms with van der Waals surface area (Å²) < 4.78 is 0.951. The lowest BCUT2D eigenvalue weighted by atomic mass is 9.90. The second kappa shape index (κ2) is 6.04. The molecule has 1 N–H and O–H groups in total. The first-order valence-electron chi connectivity index (χ1n) is 5.59. The average Bonchev–Trinajstić information content (AvgIpc) is 2.23. The minimum Gasteiger partial charge on any atom is -0.312 e. The van der Waals surface area contributed by atoms with Crippen molar-refractivity contribution in [1.82, 2.24) is 5.32 Å². The van der Waals surface area contributed by atoms with Crippen LogP contribution in [0.1, 0.15) is 32.8 Å². The molecule has 0 unspecified atom stereocenters. The molecule has 0 aromatic heterocycles. The highest BCUT2D eigenvalue weighted by Gasteiger charge is 2.13. The zero-order valence-corrected chi connectivity index (χ0v) is 12.5. The van der Waals surface area contributed by atoms with E-state index in [2.05, 4.69) is 48.1 Å². The number of hydrogen-bond donors (Lipinski definition) is 1. The van der Waals surface area contributed by atoms with E-state index < -0.39 is 0 Å². The van der Waals surface area contributed by atoms with Crippen LogP contribution in [0.15, 0.2) is 22.7 Å². The Morgan fingerprint density at radius 1 is 1.38 bits per heavy atom. The summed E-state index contributed by atoms with van der Waals surface area (Å²) in [5, 5.41) is 4.24. The van der Waals surface area contributed by atoms with Crippen molar-refractivity contribution in [3.8, 4) is 0 Å². The molecule has 16 heavy (non-hydrogen) atoms. The average molecular weight is 305 g/mol. The number of nitrogens with one attached hydrogen (secondary N) is 1. The Hall–Kier alpha value is -0.0500. The zero-order chi connectivity index (χ0) is 12.2. The Kier molecular flexibility index (Phi) is 5.29. The predicted molar refractivity (Wildman–Crippen MR) is 74.9 cm³/mol. The van der Waals surface area contributed by atoms with Crippen molar-refractivity contribution in [2.24, 2.45) is 5.41 Å². The van der Waals surface area contributed by atoms with Crippen LogP contribution in [0.4, 0.5) is 0 Å².